The Kier molecular flexibility index (Phi) is 7.55. The molecule has 0 aliphatic carbocycles. The highest BCUT2D eigenvalue weighted by atomic mass is 32.1. The lowest BCUT2D eigenvalue weighted by molar-refractivity contribution is 0.0846. The van der Waals surface area contributed by atoms with Crippen LogP contribution in [0.3, 0.4) is 0 Å². The summed E-state index contributed by atoms with van der Waals surface area (Å²) in [6.45, 7) is 5.88. The maximum absolute atomic E-state index is 13.1. The van der Waals surface area contributed by atoms with E-state index in [1.54, 1.807) is 18.5 Å². The summed E-state index contributed by atoms with van der Waals surface area (Å²) in [5.74, 6) is 0.188. The number of hydrogen-bond acceptors (Lipinski definition) is 10. The molecule has 4 amide bonds. The molecule has 2 aliphatic heterocycles. The molecule has 0 saturated carbocycles. The summed E-state index contributed by atoms with van der Waals surface area (Å²) in [6.07, 6.45) is 3.38. The van der Waals surface area contributed by atoms with E-state index in [2.05, 4.69) is 35.3 Å². The standard InChI is InChI=1S/C23H27N9O3S2/c1-15-19(37-29-26-15)21(34)28-27-20(33)17-14-36-22(25-17)16-5-8-31(9-6-16)23(35)32-12-10-30(11-13-32)18-4-2-3-7-24-18/h2-4,7,14,16H,5-6,8-13H2,1H3,(H,27,33)(H,28,34). The summed E-state index contributed by atoms with van der Waals surface area (Å²) in [5, 5.41) is 6.35. The van der Waals surface area contributed by atoms with Crippen molar-refractivity contribution in [3.8, 4) is 0 Å². The molecule has 0 spiro atoms. The summed E-state index contributed by atoms with van der Waals surface area (Å²) in [4.78, 5) is 53.0. The van der Waals surface area contributed by atoms with Gasteiger partial charge < -0.3 is 14.7 Å². The lowest BCUT2D eigenvalue weighted by Crippen LogP contribution is -2.54. The Bertz CT molecular complexity index is 1250. The summed E-state index contributed by atoms with van der Waals surface area (Å²) in [7, 11) is 0. The highest BCUT2D eigenvalue weighted by Gasteiger charge is 2.30. The van der Waals surface area contributed by atoms with E-state index in [-0.39, 0.29) is 17.6 Å². The molecule has 0 atom stereocenters. The number of carbonyl (C=O) groups is 3. The number of hydrazine groups is 1. The lowest BCUT2D eigenvalue weighted by Gasteiger charge is -2.39. The third-order valence-electron chi connectivity index (χ3n) is 6.54. The van der Waals surface area contributed by atoms with Crippen molar-refractivity contribution in [2.24, 2.45) is 0 Å². The van der Waals surface area contributed by atoms with Gasteiger partial charge in [-0.3, -0.25) is 20.4 Å². The minimum atomic E-state index is -0.483. The first-order valence-corrected chi connectivity index (χ1v) is 13.7. The van der Waals surface area contributed by atoms with Crippen LogP contribution in [0.5, 0.6) is 0 Å². The van der Waals surface area contributed by atoms with Crippen molar-refractivity contribution < 1.29 is 14.4 Å². The maximum Gasteiger partial charge on any atom is 0.320 e. The van der Waals surface area contributed by atoms with E-state index in [1.807, 2.05) is 28.0 Å². The molecule has 0 bridgehead atoms. The maximum atomic E-state index is 13.1. The van der Waals surface area contributed by atoms with Gasteiger partial charge in [-0.25, -0.2) is 14.8 Å². The number of anilines is 1. The number of piperidine rings is 1. The van der Waals surface area contributed by atoms with Crippen molar-refractivity contribution in [1.82, 2.24) is 40.2 Å². The Morgan fingerprint density at radius 3 is 2.38 bits per heavy atom. The molecule has 37 heavy (non-hydrogen) atoms. The van der Waals surface area contributed by atoms with E-state index in [4.69, 9.17) is 0 Å². The normalized spacial score (nSPS) is 16.5. The van der Waals surface area contributed by atoms with Crippen molar-refractivity contribution in [1.29, 1.82) is 0 Å². The minimum absolute atomic E-state index is 0.0837. The molecule has 14 heteroatoms. The monoisotopic (exact) mass is 541 g/mol. The summed E-state index contributed by atoms with van der Waals surface area (Å²) in [5.41, 5.74) is 5.53. The number of aryl methyl sites for hydroxylation is 1. The van der Waals surface area contributed by atoms with Gasteiger partial charge >= 0.3 is 6.03 Å². The predicted octanol–water partition coefficient (Wildman–Crippen LogP) is 1.89. The molecular weight excluding hydrogens is 514 g/mol. The number of aromatic nitrogens is 4. The van der Waals surface area contributed by atoms with Crippen LogP contribution in [0.1, 0.15) is 49.6 Å². The largest absolute Gasteiger partial charge is 0.353 e. The van der Waals surface area contributed by atoms with E-state index in [0.29, 0.717) is 36.8 Å². The van der Waals surface area contributed by atoms with Crippen molar-refractivity contribution in [2.45, 2.75) is 25.7 Å². The third kappa shape index (κ3) is 5.69. The van der Waals surface area contributed by atoms with Gasteiger partial charge in [-0.2, -0.15) is 0 Å². The second-order valence-electron chi connectivity index (χ2n) is 8.87. The number of piperazine rings is 1. The third-order valence-corrected chi connectivity index (χ3v) is 8.37. The summed E-state index contributed by atoms with van der Waals surface area (Å²) in [6, 6.07) is 5.95. The van der Waals surface area contributed by atoms with Crippen LogP contribution in [0.25, 0.3) is 0 Å². The van der Waals surface area contributed by atoms with E-state index in [0.717, 1.165) is 48.3 Å². The van der Waals surface area contributed by atoms with Crippen molar-refractivity contribution in [3.05, 3.63) is 51.0 Å². The van der Waals surface area contributed by atoms with Crippen LogP contribution in [0, 0.1) is 6.92 Å². The quantitative estimate of drug-likeness (QED) is 0.478. The van der Waals surface area contributed by atoms with E-state index < -0.39 is 11.8 Å². The Morgan fingerprint density at radius 2 is 1.70 bits per heavy atom. The van der Waals surface area contributed by atoms with Crippen LogP contribution < -0.4 is 15.8 Å². The molecule has 12 nitrogen and oxygen atoms in total. The Morgan fingerprint density at radius 1 is 0.973 bits per heavy atom. The molecule has 2 N–H and O–H groups in total. The van der Waals surface area contributed by atoms with Crippen LogP contribution in [0.4, 0.5) is 10.6 Å². The average molecular weight is 542 g/mol. The minimum Gasteiger partial charge on any atom is -0.353 e. The molecule has 0 radical (unpaired) electrons. The van der Waals surface area contributed by atoms with Crippen molar-refractivity contribution in [3.63, 3.8) is 0 Å². The smallest absolute Gasteiger partial charge is 0.320 e. The number of nitrogens with zero attached hydrogens (tertiary/aromatic N) is 7. The number of likely N-dealkylation sites (tertiary alicyclic amines) is 1. The van der Waals surface area contributed by atoms with Gasteiger partial charge in [0, 0.05) is 56.8 Å². The highest BCUT2D eigenvalue weighted by molar-refractivity contribution is 7.10. The second-order valence-corrected chi connectivity index (χ2v) is 10.5. The SMILES string of the molecule is Cc1nnsc1C(=O)NNC(=O)c1csc(C2CCN(C(=O)N3CCN(c4ccccn4)CC3)CC2)n1. The molecule has 2 saturated heterocycles. The molecule has 0 unspecified atom stereocenters. The van der Waals surface area contributed by atoms with Gasteiger partial charge in [-0.15, -0.1) is 16.4 Å². The summed E-state index contributed by atoms with van der Waals surface area (Å²) >= 11 is 2.39. The topological polar surface area (TPSA) is 137 Å². The zero-order valence-electron chi connectivity index (χ0n) is 20.3. The lowest BCUT2D eigenvalue weighted by atomic mass is 9.98. The van der Waals surface area contributed by atoms with Gasteiger partial charge in [0.05, 0.1) is 10.7 Å². The van der Waals surface area contributed by atoms with Crippen molar-refractivity contribution in [2.75, 3.05) is 44.2 Å². The van der Waals surface area contributed by atoms with Crippen molar-refractivity contribution >= 4 is 46.5 Å². The first-order chi connectivity index (χ1) is 18.0. The van der Waals surface area contributed by atoms with Gasteiger partial charge in [-0.05, 0) is 43.4 Å². The fraction of sp³-hybridized carbons (Fsp3) is 0.435. The first-order valence-electron chi connectivity index (χ1n) is 12.0. The number of hydrogen-bond donors (Lipinski definition) is 2. The van der Waals surface area contributed by atoms with E-state index in [1.165, 1.54) is 11.3 Å². The zero-order chi connectivity index (χ0) is 25.8. The van der Waals surface area contributed by atoms with E-state index >= 15 is 0 Å². The fourth-order valence-electron chi connectivity index (χ4n) is 4.44. The van der Waals surface area contributed by atoms with Gasteiger partial charge in [0.15, 0.2) is 0 Å². The number of urea groups is 1. The number of nitrogens with one attached hydrogen (secondary N) is 2. The zero-order valence-corrected chi connectivity index (χ0v) is 21.9. The second kappa shape index (κ2) is 11.2. The summed E-state index contributed by atoms with van der Waals surface area (Å²) < 4.78 is 3.72. The van der Waals surface area contributed by atoms with Crippen LogP contribution in [0.15, 0.2) is 29.8 Å². The van der Waals surface area contributed by atoms with E-state index in [9.17, 15) is 14.4 Å². The first kappa shape index (κ1) is 25.0. The van der Waals surface area contributed by atoms with Gasteiger partial charge in [-0.1, -0.05) is 10.6 Å². The predicted molar refractivity (Wildman–Crippen MR) is 139 cm³/mol. The fourth-order valence-corrected chi connectivity index (χ4v) is 5.96. The molecule has 2 aliphatic rings. The van der Waals surface area contributed by atoms with Crippen LogP contribution >= 0.6 is 22.9 Å². The number of carbonyl (C=O) groups excluding carboxylic acids is 3. The molecule has 0 aromatic carbocycles. The van der Waals surface area contributed by atoms with Crippen LogP contribution in [0.2, 0.25) is 0 Å². The van der Waals surface area contributed by atoms with Crippen LogP contribution in [-0.2, 0) is 0 Å². The molecular formula is C23H27N9O3S2. The Hall–Kier alpha value is -3.65. The molecule has 2 fully saturated rings. The number of pyridine rings is 1. The van der Waals surface area contributed by atoms with Crippen LogP contribution in [-0.4, -0.2) is 86.5 Å². The van der Waals surface area contributed by atoms with Gasteiger partial charge in [0.1, 0.15) is 16.4 Å². The molecule has 5 rings (SSSR count). The highest BCUT2D eigenvalue weighted by Crippen LogP contribution is 2.31. The molecule has 194 valence electrons. The number of thiazole rings is 1. The average Bonchev–Trinajstić information content (AvgIpc) is 3.61. The Balaban J connectivity index is 1.08. The molecule has 3 aromatic heterocycles. The van der Waals surface area contributed by atoms with Gasteiger partial charge in [0.2, 0.25) is 0 Å². The molecule has 5 heterocycles. The number of amides is 4. The molecule has 3 aromatic rings. The number of rotatable bonds is 4. The van der Waals surface area contributed by atoms with Gasteiger partial charge in [0.25, 0.3) is 11.8 Å². The Labute approximate surface area is 221 Å².